The van der Waals surface area contributed by atoms with E-state index < -0.39 is 0 Å². The minimum Gasteiger partial charge on any atom is -0.330 e. The summed E-state index contributed by atoms with van der Waals surface area (Å²) in [6.07, 6.45) is 0. The molecule has 94 valence electrons. The molecule has 2 rings (SSSR count). The second kappa shape index (κ2) is 5.26. The van der Waals surface area contributed by atoms with Crippen molar-refractivity contribution in [3.63, 3.8) is 0 Å². The van der Waals surface area contributed by atoms with Crippen LogP contribution < -0.4 is 5.32 Å². The van der Waals surface area contributed by atoms with Gasteiger partial charge in [0.15, 0.2) is 10.9 Å². The molecule has 0 spiro atoms. The Morgan fingerprint density at radius 1 is 1.39 bits per heavy atom. The van der Waals surface area contributed by atoms with Crippen molar-refractivity contribution >= 4 is 51.1 Å². The molecule has 18 heavy (non-hydrogen) atoms. The number of thiazole rings is 1. The van der Waals surface area contributed by atoms with Crippen LogP contribution in [0.3, 0.4) is 0 Å². The summed E-state index contributed by atoms with van der Waals surface area (Å²) in [4.78, 5) is 16.3. The van der Waals surface area contributed by atoms with Gasteiger partial charge in [0, 0.05) is 11.9 Å². The van der Waals surface area contributed by atoms with Crippen LogP contribution >= 0.6 is 34.5 Å². The van der Waals surface area contributed by atoms with Gasteiger partial charge in [-0.05, 0) is 25.1 Å². The highest BCUT2D eigenvalue weighted by Gasteiger charge is 2.12. The zero-order valence-corrected chi connectivity index (χ0v) is 12.1. The van der Waals surface area contributed by atoms with Crippen molar-refractivity contribution in [2.24, 2.45) is 0 Å². The predicted molar refractivity (Wildman–Crippen MR) is 76.6 cm³/mol. The third-order valence-electron chi connectivity index (χ3n) is 2.29. The first-order valence-electron chi connectivity index (χ1n) is 5.18. The normalized spacial score (nSPS) is 10.4. The number of halogens is 2. The predicted octanol–water partition coefficient (Wildman–Crippen LogP) is 4.70. The van der Waals surface area contributed by atoms with E-state index in [4.69, 9.17) is 23.2 Å². The van der Waals surface area contributed by atoms with Crippen molar-refractivity contribution in [2.75, 3.05) is 5.32 Å². The molecular formula is C12H10Cl2N2OS. The van der Waals surface area contributed by atoms with Gasteiger partial charge >= 0.3 is 0 Å². The first kappa shape index (κ1) is 13.3. The van der Waals surface area contributed by atoms with Crippen molar-refractivity contribution in [1.29, 1.82) is 0 Å². The summed E-state index contributed by atoms with van der Waals surface area (Å²) >= 11 is 13.2. The number of hydrogen-bond donors (Lipinski definition) is 1. The highest BCUT2D eigenvalue weighted by Crippen LogP contribution is 2.31. The molecule has 0 fully saturated rings. The van der Waals surface area contributed by atoms with Crippen molar-refractivity contribution in [3.8, 4) is 0 Å². The molecule has 1 aromatic heterocycles. The molecule has 0 bridgehead atoms. The molecule has 0 aliphatic carbocycles. The molecule has 0 saturated heterocycles. The summed E-state index contributed by atoms with van der Waals surface area (Å²) in [7, 11) is 0. The molecule has 0 unspecified atom stereocenters. The maximum Gasteiger partial charge on any atom is 0.188 e. The quantitative estimate of drug-likeness (QED) is 0.835. The molecule has 0 aliphatic heterocycles. The number of hydrogen-bond acceptors (Lipinski definition) is 4. The van der Waals surface area contributed by atoms with Gasteiger partial charge < -0.3 is 5.32 Å². The maximum absolute atomic E-state index is 11.3. The van der Waals surface area contributed by atoms with Crippen molar-refractivity contribution in [3.05, 3.63) is 38.8 Å². The summed E-state index contributed by atoms with van der Waals surface area (Å²) in [5.74, 6) is 0.00948. The fraction of sp³-hybridized carbons (Fsp3) is 0.167. The van der Waals surface area contributed by atoms with Crippen LogP contribution in [0.25, 0.3) is 0 Å². The minimum absolute atomic E-state index is 0.00948. The number of ketones is 1. The van der Waals surface area contributed by atoms with Gasteiger partial charge in [0.2, 0.25) is 0 Å². The summed E-state index contributed by atoms with van der Waals surface area (Å²) in [5, 5.41) is 4.83. The first-order chi connectivity index (χ1) is 8.47. The molecule has 1 heterocycles. The van der Waals surface area contributed by atoms with Crippen LogP contribution in [0.4, 0.5) is 10.8 Å². The van der Waals surface area contributed by atoms with Crippen LogP contribution in [0, 0.1) is 6.92 Å². The second-order valence-corrected chi connectivity index (χ2v) is 5.58. The smallest absolute Gasteiger partial charge is 0.188 e. The number of rotatable bonds is 3. The van der Waals surface area contributed by atoms with E-state index in [0.29, 0.717) is 31.4 Å². The zero-order valence-electron chi connectivity index (χ0n) is 9.75. The van der Waals surface area contributed by atoms with Crippen LogP contribution in [-0.4, -0.2) is 10.8 Å². The van der Waals surface area contributed by atoms with Crippen molar-refractivity contribution < 1.29 is 4.79 Å². The molecular weight excluding hydrogens is 291 g/mol. The summed E-state index contributed by atoms with van der Waals surface area (Å²) in [5.41, 5.74) is 1.39. The molecule has 0 saturated carbocycles. The van der Waals surface area contributed by atoms with Gasteiger partial charge in [-0.3, -0.25) is 4.79 Å². The Hall–Kier alpha value is -1.10. The van der Waals surface area contributed by atoms with E-state index in [9.17, 15) is 4.79 Å². The highest BCUT2D eigenvalue weighted by molar-refractivity contribution is 7.17. The number of benzene rings is 1. The molecule has 0 atom stereocenters. The van der Waals surface area contributed by atoms with E-state index in [1.165, 1.54) is 18.3 Å². The fourth-order valence-corrected chi connectivity index (χ4v) is 2.70. The molecule has 0 radical (unpaired) electrons. The lowest BCUT2D eigenvalue weighted by atomic mass is 10.3. The third kappa shape index (κ3) is 2.83. The molecule has 1 N–H and O–H groups in total. The lowest BCUT2D eigenvalue weighted by Gasteiger charge is -2.05. The van der Waals surface area contributed by atoms with Gasteiger partial charge in [-0.1, -0.05) is 34.5 Å². The number of carbonyl (C=O) groups excluding carboxylic acids is 1. The lowest BCUT2D eigenvalue weighted by Crippen LogP contribution is -1.90. The van der Waals surface area contributed by atoms with E-state index in [1.54, 1.807) is 25.1 Å². The van der Waals surface area contributed by atoms with Gasteiger partial charge in [0.1, 0.15) is 0 Å². The number of aromatic nitrogens is 1. The van der Waals surface area contributed by atoms with Crippen LogP contribution in [0.5, 0.6) is 0 Å². The van der Waals surface area contributed by atoms with Crippen LogP contribution in [0.1, 0.15) is 22.3 Å². The topological polar surface area (TPSA) is 42.0 Å². The summed E-state index contributed by atoms with van der Waals surface area (Å²) in [6.45, 7) is 3.33. The van der Waals surface area contributed by atoms with Gasteiger partial charge in [0.25, 0.3) is 0 Å². The standard InChI is InChI=1S/C12H10Cl2N2OS/c1-6-11(7(2)17)18-12(15-6)16-10-5-8(13)3-4-9(10)14/h3-5H,1-2H3,(H,15,16). The minimum atomic E-state index is 0.00948. The number of nitrogens with one attached hydrogen (secondary N) is 1. The number of carbonyl (C=O) groups is 1. The summed E-state index contributed by atoms with van der Waals surface area (Å²) in [6, 6.07) is 5.13. The summed E-state index contributed by atoms with van der Waals surface area (Å²) < 4.78 is 0. The van der Waals surface area contributed by atoms with Gasteiger partial charge in [-0.15, -0.1) is 0 Å². The fourth-order valence-electron chi connectivity index (χ4n) is 1.49. The average molecular weight is 301 g/mol. The van der Waals surface area contributed by atoms with Crippen LogP contribution in [0.2, 0.25) is 10.0 Å². The molecule has 0 amide bonds. The van der Waals surface area contributed by atoms with Crippen molar-refractivity contribution in [1.82, 2.24) is 4.98 Å². The number of Topliss-reactive ketones (excluding diaryl/α,β-unsaturated/α-hetero) is 1. The van der Waals surface area contributed by atoms with Gasteiger partial charge in [0.05, 0.1) is 21.3 Å². The molecule has 6 heteroatoms. The van der Waals surface area contributed by atoms with Crippen LogP contribution in [-0.2, 0) is 0 Å². The SMILES string of the molecule is CC(=O)c1sc(Nc2cc(Cl)ccc2Cl)nc1C. The van der Waals surface area contributed by atoms with E-state index in [-0.39, 0.29) is 5.78 Å². The second-order valence-electron chi connectivity index (χ2n) is 3.74. The first-order valence-corrected chi connectivity index (χ1v) is 6.75. The van der Waals surface area contributed by atoms with E-state index in [1.807, 2.05) is 0 Å². The highest BCUT2D eigenvalue weighted by atomic mass is 35.5. The third-order valence-corrected chi connectivity index (χ3v) is 4.02. The number of nitrogens with zero attached hydrogens (tertiary/aromatic N) is 1. The Morgan fingerprint density at radius 2 is 2.11 bits per heavy atom. The molecule has 3 nitrogen and oxygen atoms in total. The molecule has 0 aliphatic rings. The monoisotopic (exact) mass is 300 g/mol. The Labute approximate surface area is 119 Å². The van der Waals surface area contributed by atoms with E-state index in [2.05, 4.69) is 10.3 Å². The van der Waals surface area contributed by atoms with Gasteiger partial charge in [-0.25, -0.2) is 4.98 Å². The van der Waals surface area contributed by atoms with Gasteiger partial charge in [-0.2, -0.15) is 0 Å². The Bertz CT molecular complexity index is 610. The number of aryl methyl sites for hydroxylation is 1. The van der Waals surface area contributed by atoms with Crippen molar-refractivity contribution in [2.45, 2.75) is 13.8 Å². The Kier molecular flexibility index (Phi) is 3.90. The zero-order chi connectivity index (χ0) is 13.3. The maximum atomic E-state index is 11.3. The molecule has 2 aromatic rings. The largest absolute Gasteiger partial charge is 0.330 e. The van der Waals surface area contributed by atoms with Crippen LogP contribution in [0.15, 0.2) is 18.2 Å². The molecule has 1 aromatic carbocycles. The van der Waals surface area contributed by atoms with E-state index in [0.717, 1.165) is 0 Å². The van der Waals surface area contributed by atoms with E-state index >= 15 is 0 Å². The lowest BCUT2D eigenvalue weighted by molar-refractivity contribution is 0.102. The Balaban J connectivity index is 2.31. The number of anilines is 2. The Morgan fingerprint density at radius 3 is 2.72 bits per heavy atom. The average Bonchev–Trinajstić information content (AvgIpc) is 2.65.